The summed E-state index contributed by atoms with van der Waals surface area (Å²) in [4.78, 5) is 19.2. The molecule has 1 heterocycles. The van der Waals surface area contributed by atoms with E-state index in [1.165, 1.54) is 87.3 Å². The third-order valence-electron chi connectivity index (χ3n) is 9.01. The summed E-state index contributed by atoms with van der Waals surface area (Å²) < 4.78 is 6.43. The Morgan fingerprint density at radius 2 is 1.43 bits per heavy atom. The molecule has 0 radical (unpaired) electrons. The molecule has 1 aliphatic heterocycles. The molecule has 1 unspecified atom stereocenters. The molecule has 0 N–H and O–H groups in total. The van der Waals surface area contributed by atoms with Gasteiger partial charge >= 0.3 is 0 Å². The zero-order valence-electron chi connectivity index (χ0n) is 30.1. The summed E-state index contributed by atoms with van der Waals surface area (Å²) in [5.41, 5.74) is 5.71. The second kappa shape index (κ2) is 20.1. The highest BCUT2D eigenvalue weighted by Gasteiger charge is 2.24. The normalized spacial score (nSPS) is 16.1. The molecule has 1 atom stereocenters. The maximum atomic E-state index is 12.8. The number of amides is 1. The maximum absolute atomic E-state index is 12.8. The molecule has 1 amide bonds. The molecule has 0 fully saturated rings. The van der Waals surface area contributed by atoms with E-state index in [-0.39, 0.29) is 33.7 Å². The maximum Gasteiger partial charge on any atom is 0.224 e. The van der Waals surface area contributed by atoms with Gasteiger partial charge in [-0.05, 0) is 65.6 Å². The number of unbranched alkanes of at least 4 members (excludes halogenated alkanes) is 11. The van der Waals surface area contributed by atoms with Crippen LogP contribution < -0.4 is 9.64 Å². The number of allylic oxidation sites excluding steroid dienone is 1. The van der Waals surface area contributed by atoms with Crippen LogP contribution in [0.25, 0.3) is 0 Å². The summed E-state index contributed by atoms with van der Waals surface area (Å²) in [6, 6.07) is 15.0. The van der Waals surface area contributed by atoms with Gasteiger partial charge in [0.05, 0.1) is 13.2 Å². The van der Waals surface area contributed by atoms with Gasteiger partial charge in [-0.25, -0.2) is 0 Å². The number of ether oxygens (including phenoxy) is 1. The van der Waals surface area contributed by atoms with E-state index in [9.17, 15) is 4.79 Å². The van der Waals surface area contributed by atoms with Gasteiger partial charge < -0.3 is 9.64 Å². The molecular formula is C41H63BrN2O2. The Labute approximate surface area is 292 Å². The summed E-state index contributed by atoms with van der Waals surface area (Å²) in [6.07, 6.45) is 21.3. The molecule has 2 aromatic rings. The number of benzene rings is 2. The summed E-state index contributed by atoms with van der Waals surface area (Å²) in [7, 11) is 0. The van der Waals surface area contributed by atoms with Crippen LogP contribution in [0.3, 0.4) is 0 Å². The van der Waals surface area contributed by atoms with E-state index in [4.69, 9.17) is 4.74 Å². The Morgan fingerprint density at radius 3 is 1.98 bits per heavy atom. The number of carbonyl (C=O) groups is 1. The van der Waals surface area contributed by atoms with E-state index in [2.05, 4.69) is 95.1 Å². The van der Waals surface area contributed by atoms with Crippen molar-refractivity contribution < 1.29 is 9.53 Å². The minimum atomic E-state index is -0.0193. The fourth-order valence-corrected chi connectivity index (χ4v) is 6.49. The van der Waals surface area contributed by atoms with Crippen molar-refractivity contribution in [2.24, 2.45) is 10.4 Å². The zero-order valence-corrected chi connectivity index (χ0v) is 31.8. The Kier molecular flexibility index (Phi) is 17.4. The number of hydrogen-bond donors (Lipinski definition) is 0. The minimum absolute atomic E-state index is 0. The van der Waals surface area contributed by atoms with Crippen molar-refractivity contribution in [1.82, 2.24) is 0 Å². The number of rotatable bonds is 19. The standard InChI is InChI=1S/C41H62N2O2.BrH/c1-8-9-10-11-12-13-14-15-16-17-18-19-26-45-39-27-36(22-25-38(39)40(4,5)6)31-43(34(3)44)37-23-20-35(21-24-37)29-41(7)28-33(2)30-42-32-41;/h20-25,27-28,30H,8-19,26,29,31-32H2,1-7H3;1H. The van der Waals surface area contributed by atoms with Crippen LogP contribution in [-0.2, 0) is 23.2 Å². The van der Waals surface area contributed by atoms with Gasteiger partial charge in [-0.1, -0.05) is 136 Å². The third kappa shape index (κ3) is 13.8. The lowest BCUT2D eigenvalue weighted by atomic mass is 9.81. The molecule has 3 rings (SSSR count). The fraction of sp³-hybridized carbons (Fsp3) is 0.610. The number of carbonyl (C=O) groups excluding carboxylic acids is 1. The van der Waals surface area contributed by atoms with E-state index in [0.717, 1.165) is 43.0 Å². The van der Waals surface area contributed by atoms with Crippen LogP contribution in [0.1, 0.15) is 142 Å². The van der Waals surface area contributed by atoms with E-state index in [0.29, 0.717) is 6.54 Å². The highest BCUT2D eigenvalue weighted by molar-refractivity contribution is 8.93. The van der Waals surface area contributed by atoms with Crippen LogP contribution >= 0.6 is 17.0 Å². The summed E-state index contributed by atoms with van der Waals surface area (Å²) in [5, 5.41) is 0. The van der Waals surface area contributed by atoms with Crippen LogP contribution in [0.4, 0.5) is 5.69 Å². The van der Waals surface area contributed by atoms with Crippen molar-refractivity contribution in [1.29, 1.82) is 0 Å². The van der Waals surface area contributed by atoms with Gasteiger partial charge in [0.1, 0.15) is 5.75 Å². The average Bonchev–Trinajstić information content (AvgIpc) is 2.98. The largest absolute Gasteiger partial charge is 0.493 e. The first-order chi connectivity index (χ1) is 21.5. The predicted octanol–water partition coefficient (Wildman–Crippen LogP) is 11.8. The number of anilines is 1. The third-order valence-corrected chi connectivity index (χ3v) is 9.01. The molecule has 256 valence electrons. The number of dihydropyridines is 1. The van der Waals surface area contributed by atoms with Crippen molar-refractivity contribution in [2.75, 3.05) is 18.1 Å². The SMILES string of the molecule is Br.CCCCCCCCCCCCCCOc1cc(CN(C(C)=O)c2ccc(CC3(C)C=C(C)C=NC3)cc2)ccc1C(C)(C)C. The topological polar surface area (TPSA) is 41.9 Å². The van der Waals surface area contributed by atoms with E-state index in [1.807, 2.05) is 11.1 Å². The smallest absolute Gasteiger partial charge is 0.224 e. The monoisotopic (exact) mass is 694 g/mol. The molecule has 1 aliphatic rings. The Hall–Kier alpha value is -2.40. The number of nitrogens with zero attached hydrogens (tertiary/aromatic N) is 2. The van der Waals surface area contributed by atoms with Gasteiger partial charge in [-0.3, -0.25) is 9.79 Å². The lowest BCUT2D eigenvalue weighted by molar-refractivity contribution is -0.116. The van der Waals surface area contributed by atoms with Gasteiger partial charge in [0.2, 0.25) is 5.91 Å². The van der Waals surface area contributed by atoms with Gasteiger partial charge in [-0.2, -0.15) is 0 Å². The predicted molar refractivity (Wildman–Crippen MR) is 204 cm³/mol. The van der Waals surface area contributed by atoms with Gasteiger partial charge in [0.15, 0.2) is 0 Å². The van der Waals surface area contributed by atoms with Gasteiger partial charge in [0.25, 0.3) is 0 Å². The molecule has 4 nitrogen and oxygen atoms in total. The first-order valence-corrected chi connectivity index (χ1v) is 17.8. The second-order valence-corrected chi connectivity index (χ2v) is 14.8. The first-order valence-electron chi connectivity index (χ1n) is 17.8. The van der Waals surface area contributed by atoms with Crippen LogP contribution in [0, 0.1) is 5.41 Å². The molecule has 0 saturated carbocycles. The average molecular weight is 696 g/mol. The summed E-state index contributed by atoms with van der Waals surface area (Å²) in [5.74, 6) is 0.988. The molecule has 46 heavy (non-hydrogen) atoms. The lowest BCUT2D eigenvalue weighted by Gasteiger charge is -2.28. The summed E-state index contributed by atoms with van der Waals surface area (Å²) >= 11 is 0. The minimum Gasteiger partial charge on any atom is -0.493 e. The van der Waals surface area contributed by atoms with Crippen LogP contribution in [0.5, 0.6) is 5.75 Å². The van der Waals surface area contributed by atoms with Crippen molar-refractivity contribution in [3.05, 3.63) is 70.8 Å². The molecule has 5 heteroatoms. The van der Waals surface area contributed by atoms with Crippen LogP contribution in [0.15, 0.2) is 59.1 Å². The van der Waals surface area contributed by atoms with Crippen molar-refractivity contribution in [3.63, 3.8) is 0 Å². The van der Waals surface area contributed by atoms with Crippen molar-refractivity contribution in [2.45, 2.75) is 144 Å². The molecule has 0 spiro atoms. The van der Waals surface area contributed by atoms with E-state index >= 15 is 0 Å². The quantitative estimate of drug-likeness (QED) is 0.137. The summed E-state index contributed by atoms with van der Waals surface area (Å²) in [6.45, 7) is 17.1. The number of aliphatic imine (C=N–C) groups is 1. The van der Waals surface area contributed by atoms with Gasteiger partial charge in [-0.15, -0.1) is 17.0 Å². The lowest BCUT2D eigenvalue weighted by Crippen LogP contribution is -2.28. The van der Waals surface area contributed by atoms with Crippen LogP contribution in [0.2, 0.25) is 0 Å². The Balaban J connectivity index is 0.00000736. The highest BCUT2D eigenvalue weighted by atomic mass is 79.9. The molecule has 0 aromatic heterocycles. The first kappa shape index (κ1) is 39.8. The van der Waals surface area contributed by atoms with E-state index < -0.39 is 0 Å². The van der Waals surface area contributed by atoms with Crippen molar-refractivity contribution >= 4 is 34.8 Å². The van der Waals surface area contributed by atoms with Gasteiger partial charge in [0, 0.05) is 30.8 Å². The molecular weight excluding hydrogens is 632 g/mol. The molecule has 0 saturated heterocycles. The van der Waals surface area contributed by atoms with Crippen molar-refractivity contribution in [3.8, 4) is 5.75 Å². The molecule has 2 aromatic carbocycles. The Bertz CT molecular complexity index is 1240. The number of hydrogen-bond acceptors (Lipinski definition) is 3. The highest BCUT2D eigenvalue weighted by Crippen LogP contribution is 2.34. The second-order valence-electron chi connectivity index (χ2n) is 14.8. The fourth-order valence-electron chi connectivity index (χ4n) is 6.49. The zero-order chi connectivity index (χ0) is 32.7. The van der Waals surface area contributed by atoms with Crippen LogP contribution in [-0.4, -0.2) is 25.3 Å². The molecule has 0 bridgehead atoms. The Morgan fingerprint density at radius 1 is 0.870 bits per heavy atom. The molecule has 0 aliphatic carbocycles. The number of halogens is 1. The van der Waals surface area contributed by atoms with E-state index in [1.54, 1.807) is 6.92 Å².